The van der Waals surface area contributed by atoms with Crippen molar-refractivity contribution in [2.24, 2.45) is 4.99 Å². The smallest absolute Gasteiger partial charge is 0.307 e. The molecular formula is C20H19N3O3S. The maximum absolute atomic E-state index is 13.1. The van der Waals surface area contributed by atoms with Gasteiger partial charge in [-0.3, -0.25) is 19.1 Å². The van der Waals surface area contributed by atoms with Gasteiger partial charge in [-0.2, -0.15) is 0 Å². The van der Waals surface area contributed by atoms with Gasteiger partial charge in [0.1, 0.15) is 15.4 Å². The van der Waals surface area contributed by atoms with Crippen molar-refractivity contribution >= 4 is 23.2 Å². The van der Waals surface area contributed by atoms with Crippen LogP contribution >= 0.6 is 11.3 Å². The number of methoxy groups -OCH3 is 1. The molecule has 6 nitrogen and oxygen atoms in total. The predicted molar refractivity (Wildman–Crippen MR) is 104 cm³/mol. The van der Waals surface area contributed by atoms with E-state index < -0.39 is 0 Å². The number of ether oxygens (including phenoxy) is 1. The molecule has 0 N–H and O–H groups in total. The molecule has 2 heterocycles. The van der Waals surface area contributed by atoms with E-state index in [1.54, 1.807) is 24.4 Å². The molecule has 0 amide bonds. The van der Waals surface area contributed by atoms with Crippen molar-refractivity contribution in [2.75, 3.05) is 13.7 Å². The second-order valence-corrected chi connectivity index (χ2v) is 6.74. The van der Waals surface area contributed by atoms with Crippen molar-refractivity contribution in [1.82, 2.24) is 9.55 Å². The van der Waals surface area contributed by atoms with Crippen LogP contribution in [0.25, 0.3) is 10.6 Å². The molecule has 3 aromatic rings. The van der Waals surface area contributed by atoms with Gasteiger partial charge in [-0.15, -0.1) is 11.3 Å². The maximum Gasteiger partial charge on any atom is 0.307 e. The lowest BCUT2D eigenvalue weighted by molar-refractivity contribution is -0.140. The van der Waals surface area contributed by atoms with E-state index in [1.165, 1.54) is 23.0 Å². The summed E-state index contributed by atoms with van der Waals surface area (Å²) in [5.41, 5.74) is 2.15. The van der Waals surface area contributed by atoms with Crippen LogP contribution in [0.2, 0.25) is 0 Å². The number of rotatable bonds is 5. The Bertz CT molecular complexity index is 1020. The molecule has 3 rings (SSSR count). The molecule has 0 saturated carbocycles. The minimum Gasteiger partial charge on any atom is -0.469 e. The Kier molecular flexibility index (Phi) is 5.93. The molecule has 0 bridgehead atoms. The summed E-state index contributed by atoms with van der Waals surface area (Å²) in [4.78, 5) is 33.8. The minimum absolute atomic E-state index is 0.164. The lowest BCUT2D eigenvalue weighted by Gasteiger charge is -2.05. The van der Waals surface area contributed by atoms with E-state index in [-0.39, 0.29) is 24.8 Å². The van der Waals surface area contributed by atoms with Crippen LogP contribution < -0.4 is 5.49 Å². The van der Waals surface area contributed by atoms with Crippen molar-refractivity contribution in [3.05, 3.63) is 70.8 Å². The predicted octanol–water partition coefficient (Wildman–Crippen LogP) is 3.07. The van der Waals surface area contributed by atoms with E-state index in [4.69, 9.17) is 0 Å². The number of pyridine rings is 1. The quantitative estimate of drug-likeness (QED) is 0.637. The molecule has 2 aromatic heterocycles. The summed E-state index contributed by atoms with van der Waals surface area (Å²) >= 11 is 1.36. The van der Waals surface area contributed by atoms with E-state index >= 15 is 0 Å². The third-order valence-electron chi connectivity index (χ3n) is 3.89. The summed E-state index contributed by atoms with van der Waals surface area (Å²) in [6.07, 6.45) is 1.83. The van der Waals surface area contributed by atoms with Gasteiger partial charge in [-0.05, 0) is 19.1 Å². The fraction of sp³-hybridized carbons (Fsp3) is 0.200. The highest BCUT2D eigenvalue weighted by atomic mass is 32.1. The summed E-state index contributed by atoms with van der Waals surface area (Å²) in [5, 5.41) is 0.803. The van der Waals surface area contributed by atoms with Crippen LogP contribution in [0.5, 0.6) is 0 Å². The Hall–Kier alpha value is -3.06. The number of hydrogen-bond donors (Lipinski definition) is 0. The molecule has 0 aliphatic carbocycles. The molecule has 0 radical (unpaired) electrons. The molecule has 0 spiro atoms. The van der Waals surface area contributed by atoms with Gasteiger partial charge < -0.3 is 4.74 Å². The first-order chi connectivity index (χ1) is 13.1. The van der Waals surface area contributed by atoms with Gasteiger partial charge in [0.2, 0.25) is 0 Å². The molecule has 0 saturated heterocycles. The molecule has 138 valence electrons. The standard InChI is InChI=1S/C20H19N3O3S/c1-14-18(27-19(22-14)15-8-4-3-5-9-15)20(25)23-13-7-6-10-16(23)21-12-11-17(24)26-2/h3-10,13H,11-12H2,1-2H3. The van der Waals surface area contributed by atoms with Gasteiger partial charge in [-0.1, -0.05) is 36.4 Å². The third-order valence-corrected chi connectivity index (χ3v) is 5.08. The zero-order valence-corrected chi connectivity index (χ0v) is 15.9. The van der Waals surface area contributed by atoms with Crippen LogP contribution in [0.3, 0.4) is 0 Å². The molecule has 27 heavy (non-hydrogen) atoms. The van der Waals surface area contributed by atoms with Gasteiger partial charge in [0.25, 0.3) is 5.91 Å². The minimum atomic E-state index is -0.335. The number of aryl methyl sites for hydroxylation is 1. The zero-order valence-electron chi connectivity index (χ0n) is 15.1. The largest absolute Gasteiger partial charge is 0.469 e. The third kappa shape index (κ3) is 4.38. The van der Waals surface area contributed by atoms with Crippen LogP contribution in [0.1, 0.15) is 21.8 Å². The first-order valence-electron chi connectivity index (χ1n) is 8.42. The van der Waals surface area contributed by atoms with Gasteiger partial charge in [-0.25, -0.2) is 4.98 Å². The van der Waals surface area contributed by atoms with Crippen LogP contribution in [0.4, 0.5) is 0 Å². The van der Waals surface area contributed by atoms with Gasteiger partial charge in [0.15, 0.2) is 0 Å². The maximum atomic E-state index is 13.1. The number of hydrogen-bond acceptors (Lipinski definition) is 6. The molecule has 0 aliphatic heterocycles. The second kappa shape index (κ2) is 8.55. The number of thiazole rings is 1. The summed E-state index contributed by atoms with van der Waals surface area (Å²) in [7, 11) is 1.34. The average molecular weight is 381 g/mol. The van der Waals surface area contributed by atoms with Crippen molar-refractivity contribution in [3.63, 3.8) is 0 Å². The molecule has 7 heteroatoms. The molecule has 0 fully saturated rings. The van der Waals surface area contributed by atoms with Crippen LogP contribution in [0, 0.1) is 6.92 Å². The Labute approximate surface area is 160 Å². The van der Waals surface area contributed by atoms with Crippen LogP contribution in [0.15, 0.2) is 59.7 Å². The number of benzene rings is 1. The Morgan fingerprint density at radius 3 is 2.63 bits per heavy atom. The average Bonchev–Trinajstić information content (AvgIpc) is 3.10. The first kappa shape index (κ1) is 18.7. The summed E-state index contributed by atoms with van der Waals surface area (Å²) in [6.45, 7) is 2.08. The number of nitrogens with zero attached hydrogens (tertiary/aromatic N) is 3. The van der Waals surface area contributed by atoms with Crippen LogP contribution in [-0.2, 0) is 9.53 Å². The van der Waals surface area contributed by atoms with Crippen molar-refractivity contribution < 1.29 is 14.3 Å². The normalized spacial score (nSPS) is 11.4. The van der Waals surface area contributed by atoms with Crippen LogP contribution in [-0.4, -0.2) is 35.1 Å². The number of carbonyl (C=O) groups excluding carboxylic acids is 2. The number of carbonyl (C=O) groups is 2. The zero-order chi connectivity index (χ0) is 19.2. The molecule has 1 aromatic carbocycles. The highest BCUT2D eigenvalue weighted by molar-refractivity contribution is 7.17. The molecule has 0 atom stereocenters. The fourth-order valence-electron chi connectivity index (χ4n) is 2.51. The fourth-order valence-corrected chi connectivity index (χ4v) is 3.52. The number of esters is 1. The van der Waals surface area contributed by atoms with Crippen molar-refractivity contribution in [3.8, 4) is 10.6 Å². The summed E-state index contributed by atoms with van der Waals surface area (Å²) in [5.74, 6) is -0.525. The monoisotopic (exact) mass is 381 g/mol. The highest BCUT2D eigenvalue weighted by Crippen LogP contribution is 2.28. The van der Waals surface area contributed by atoms with Gasteiger partial charge >= 0.3 is 5.97 Å². The van der Waals surface area contributed by atoms with Gasteiger partial charge in [0.05, 0.1) is 25.8 Å². The van der Waals surface area contributed by atoms with Gasteiger partial charge in [0, 0.05) is 11.8 Å². The van der Waals surface area contributed by atoms with E-state index in [0.29, 0.717) is 16.1 Å². The van der Waals surface area contributed by atoms with E-state index in [2.05, 4.69) is 14.7 Å². The second-order valence-electron chi connectivity index (χ2n) is 5.74. The van der Waals surface area contributed by atoms with E-state index in [9.17, 15) is 9.59 Å². The van der Waals surface area contributed by atoms with Crippen molar-refractivity contribution in [1.29, 1.82) is 0 Å². The Morgan fingerprint density at radius 1 is 1.15 bits per heavy atom. The van der Waals surface area contributed by atoms with Crippen molar-refractivity contribution in [2.45, 2.75) is 13.3 Å². The topological polar surface area (TPSA) is 73.5 Å². The summed E-state index contributed by atoms with van der Waals surface area (Å²) < 4.78 is 6.10. The summed E-state index contributed by atoms with van der Waals surface area (Å²) in [6, 6.07) is 15.1. The number of aromatic nitrogens is 2. The lowest BCUT2D eigenvalue weighted by atomic mass is 10.2. The highest BCUT2D eigenvalue weighted by Gasteiger charge is 2.18. The van der Waals surface area contributed by atoms with E-state index in [0.717, 1.165) is 10.6 Å². The molecule has 0 unspecified atom stereocenters. The molecular weight excluding hydrogens is 362 g/mol. The first-order valence-corrected chi connectivity index (χ1v) is 9.24. The van der Waals surface area contributed by atoms with E-state index in [1.807, 2.05) is 37.3 Å². The SMILES string of the molecule is COC(=O)CCN=c1ccccn1C(=O)c1sc(-c2ccccc2)nc1C. The molecule has 0 aliphatic rings. The Morgan fingerprint density at radius 2 is 1.89 bits per heavy atom. The lowest BCUT2D eigenvalue weighted by Crippen LogP contribution is -2.27. The Balaban J connectivity index is 1.92.